The number of hydrogen-bond donors (Lipinski definition) is 1. The van der Waals surface area contributed by atoms with E-state index in [0.29, 0.717) is 5.56 Å². The van der Waals surface area contributed by atoms with E-state index in [-0.39, 0.29) is 17.6 Å². The quantitative estimate of drug-likeness (QED) is 0.588. The maximum absolute atomic E-state index is 12.7. The molecule has 7 nitrogen and oxygen atoms in total. The van der Waals surface area contributed by atoms with Crippen LogP contribution in [-0.2, 0) is 6.42 Å². The minimum atomic E-state index is -0.244. The average Bonchev–Trinajstić information content (AvgIpc) is 3.37. The molecule has 1 amide bonds. The Bertz CT molecular complexity index is 1050. The van der Waals surface area contributed by atoms with Gasteiger partial charge in [0.1, 0.15) is 11.4 Å². The van der Waals surface area contributed by atoms with Gasteiger partial charge >= 0.3 is 0 Å². The lowest BCUT2D eigenvalue weighted by Crippen LogP contribution is -2.47. The fourth-order valence-electron chi connectivity index (χ4n) is 5.76. The number of nitrogens with one attached hydrogen (secondary N) is 1. The highest BCUT2D eigenvalue weighted by molar-refractivity contribution is 5.94. The van der Waals surface area contributed by atoms with Crippen LogP contribution in [0, 0.1) is 5.92 Å². The summed E-state index contributed by atoms with van der Waals surface area (Å²) in [5.41, 5.74) is 1.75. The van der Waals surface area contributed by atoms with Crippen LogP contribution in [-0.4, -0.2) is 66.8 Å². The summed E-state index contributed by atoms with van der Waals surface area (Å²) in [6.07, 6.45) is 8.70. The standard InChI is InChI=1S/C30H42N4O3/c1-30(2,3)37-26-10-6-24(7-11-26)29(35)32-25-8-4-22(5-9-25)13-16-33-17-19-34(20-18-33)28-27-23(12-15-31-28)14-21-36-27/h6-7,10-12,15,22,25H,4-5,8-9,13-14,16-21H2,1-3H3,(H,32,35)/t22-,25-. The molecule has 1 saturated carbocycles. The van der Waals surface area contributed by atoms with Crippen LogP contribution in [0.25, 0.3) is 0 Å². The van der Waals surface area contributed by atoms with E-state index in [1.54, 1.807) is 0 Å². The number of piperazine rings is 1. The highest BCUT2D eigenvalue weighted by atomic mass is 16.5. The van der Waals surface area contributed by atoms with Gasteiger partial charge in [0.25, 0.3) is 5.91 Å². The SMILES string of the molecule is CC(C)(C)Oc1ccc(C(=O)N[C@H]2CC[C@H](CCN3CCN(c4nccc5c4OCC5)CC3)CC2)cc1. The minimum Gasteiger partial charge on any atom is -0.489 e. The third-order valence-corrected chi connectivity index (χ3v) is 7.83. The molecule has 0 spiro atoms. The Labute approximate surface area is 221 Å². The molecule has 200 valence electrons. The number of ether oxygens (including phenoxy) is 2. The number of anilines is 1. The van der Waals surface area contributed by atoms with Crippen molar-refractivity contribution in [1.82, 2.24) is 15.2 Å². The summed E-state index contributed by atoms with van der Waals surface area (Å²) >= 11 is 0. The third kappa shape index (κ3) is 6.75. The molecule has 0 bridgehead atoms. The topological polar surface area (TPSA) is 66.9 Å². The Morgan fingerprint density at radius 2 is 1.78 bits per heavy atom. The lowest BCUT2D eigenvalue weighted by Gasteiger charge is -2.37. The van der Waals surface area contributed by atoms with Gasteiger partial charge < -0.3 is 19.7 Å². The number of nitrogens with zero attached hydrogens (tertiary/aromatic N) is 3. The summed E-state index contributed by atoms with van der Waals surface area (Å²) in [6, 6.07) is 9.84. The van der Waals surface area contributed by atoms with Crippen molar-refractivity contribution in [2.24, 2.45) is 5.92 Å². The summed E-state index contributed by atoms with van der Waals surface area (Å²) < 4.78 is 11.7. The van der Waals surface area contributed by atoms with Crippen molar-refractivity contribution >= 4 is 11.7 Å². The van der Waals surface area contributed by atoms with E-state index in [1.165, 1.54) is 24.8 Å². The van der Waals surface area contributed by atoms with Gasteiger partial charge in [0.2, 0.25) is 0 Å². The van der Waals surface area contributed by atoms with Crippen LogP contribution in [0.3, 0.4) is 0 Å². The van der Waals surface area contributed by atoms with Gasteiger partial charge in [-0.1, -0.05) is 0 Å². The molecule has 1 saturated heterocycles. The summed E-state index contributed by atoms with van der Waals surface area (Å²) in [4.78, 5) is 22.4. The predicted molar refractivity (Wildman–Crippen MR) is 147 cm³/mol. The van der Waals surface area contributed by atoms with Gasteiger partial charge in [0.05, 0.1) is 6.61 Å². The lowest BCUT2D eigenvalue weighted by atomic mass is 9.84. The van der Waals surface area contributed by atoms with Gasteiger partial charge in [-0.3, -0.25) is 9.69 Å². The van der Waals surface area contributed by atoms with E-state index in [1.807, 2.05) is 51.2 Å². The monoisotopic (exact) mass is 506 g/mol. The van der Waals surface area contributed by atoms with Gasteiger partial charge in [-0.25, -0.2) is 4.98 Å². The smallest absolute Gasteiger partial charge is 0.251 e. The van der Waals surface area contributed by atoms with E-state index in [4.69, 9.17) is 9.47 Å². The Morgan fingerprint density at radius 1 is 1.05 bits per heavy atom. The molecule has 1 aromatic heterocycles. The molecule has 2 aromatic rings. The first-order chi connectivity index (χ1) is 17.8. The van der Waals surface area contributed by atoms with E-state index >= 15 is 0 Å². The van der Waals surface area contributed by atoms with Crippen molar-refractivity contribution in [1.29, 1.82) is 0 Å². The second-order valence-electron chi connectivity index (χ2n) is 11.8. The first-order valence-corrected chi connectivity index (χ1v) is 14.0. The van der Waals surface area contributed by atoms with Crippen molar-refractivity contribution in [2.75, 3.05) is 44.2 Å². The molecule has 1 N–H and O–H groups in total. The molecule has 37 heavy (non-hydrogen) atoms. The lowest BCUT2D eigenvalue weighted by molar-refractivity contribution is 0.0919. The molecule has 3 aliphatic rings. The summed E-state index contributed by atoms with van der Waals surface area (Å²) in [7, 11) is 0. The van der Waals surface area contributed by atoms with Gasteiger partial charge in [0.15, 0.2) is 11.6 Å². The van der Waals surface area contributed by atoms with E-state index in [0.717, 1.165) is 81.8 Å². The highest BCUT2D eigenvalue weighted by Gasteiger charge is 2.27. The zero-order chi connectivity index (χ0) is 25.8. The molecule has 1 aliphatic carbocycles. The number of pyridine rings is 1. The number of carbonyl (C=O) groups is 1. The third-order valence-electron chi connectivity index (χ3n) is 7.83. The van der Waals surface area contributed by atoms with Crippen LogP contribution >= 0.6 is 0 Å². The normalized spacial score (nSPS) is 22.3. The van der Waals surface area contributed by atoms with Crippen molar-refractivity contribution in [3.8, 4) is 11.5 Å². The predicted octanol–water partition coefficient (Wildman–Crippen LogP) is 4.69. The number of amides is 1. The molecule has 2 aliphatic heterocycles. The Kier molecular flexibility index (Phi) is 7.89. The summed E-state index contributed by atoms with van der Waals surface area (Å²) in [6.45, 7) is 12.2. The van der Waals surface area contributed by atoms with Crippen LogP contribution in [0.15, 0.2) is 36.5 Å². The van der Waals surface area contributed by atoms with Crippen LogP contribution < -0.4 is 19.7 Å². The number of fused-ring (bicyclic) bond motifs is 1. The molecular formula is C30H42N4O3. The summed E-state index contributed by atoms with van der Waals surface area (Å²) in [5.74, 6) is 3.61. The Balaban J connectivity index is 1.00. The second kappa shape index (κ2) is 11.3. The van der Waals surface area contributed by atoms with E-state index in [9.17, 15) is 4.79 Å². The average molecular weight is 507 g/mol. The van der Waals surface area contributed by atoms with E-state index in [2.05, 4.69) is 26.2 Å². The molecular weight excluding hydrogens is 464 g/mol. The number of benzene rings is 1. The Hall–Kier alpha value is -2.80. The fraction of sp³-hybridized carbons (Fsp3) is 0.600. The number of rotatable bonds is 7. The van der Waals surface area contributed by atoms with Crippen molar-refractivity contribution in [3.63, 3.8) is 0 Å². The largest absolute Gasteiger partial charge is 0.489 e. The molecule has 0 radical (unpaired) electrons. The van der Waals surface area contributed by atoms with Crippen LogP contribution in [0.2, 0.25) is 0 Å². The number of hydrogen-bond acceptors (Lipinski definition) is 6. The number of carbonyl (C=O) groups excluding carboxylic acids is 1. The number of aromatic nitrogens is 1. The van der Waals surface area contributed by atoms with Crippen LogP contribution in [0.1, 0.15) is 68.8 Å². The first-order valence-electron chi connectivity index (χ1n) is 14.0. The van der Waals surface area contributed by atoms with Crippen LogP contribution in [0.5, 0.6) is 11.5 Å². The highest BCUT2D eigenvalue weighted by Crippen LogP contribution is 2.34. The molecule has 0 unspecified atom stereocenters. The van der Waals surface area contributed by atoms with Gasteiger partial charge in [-0.15, -0.1) is 0 Å². The van der Waals surface area contributed by atoms with Crippen molar-refractivity contribution < 1.29 is 14.3 Å². The second-order valence-corrected chi connectivity index (χ2v) is 11.8. The first kappa shape index (κ1) is 25.8. The minimum absolute atomic E-state index is 0.0209. The maximum Gasteiger partial charge on any atom is 0.251 e. The maximum atomic E-state index is 12.7. The molecule has 3 heterocycles. The molecule has 5 rings (SSSR count). The van der Waals surface area contributed by atoms with Crippen LogP contribution in [0.4, 0.5) is 5.82 Å². The van der Waals surface area contributed by atoms with Crippen molar-refractivity contribution in [3.05, 3.63) is 47.7 Å². The molecule has 2 fully saturated rings. The zero-order valence-corrected chi connectivity index (χ0v) is 22.7. The fourth-order valence-corrected chi connectivity index (χ4v) is 5.76. The van der Waals surface area contributed by atoms with Gasteiger partial charge in [0, 0.05) is 56.0 Å². The molecule has 1 aromatic carbocycles. The molecule has 7 heteroatoms. The van der Waals surface area contributed by atoms with Gasteiger partial charge in [-0.05, 0) is 95.7 Å². The van der Waals surface area contributed by atoms with Crippen molar-refractivity contribution in [2.45, 2.75) is 70.9 Å². The van der Waals surface area contributed by atoms with Gasteiger partial charge in [-0.2, -0.15) is 0 Å². The Morgan fingerprint density at radius 3 is 2.49 bits per heavy atom. The zero-order valence-electron chi connectivity index (χ0n) is 22.7. The molecule has 0 atom stereocenters. The summed E-state index contributed by atoms with van der Waals surface area (Å²) in [5, 5.41) is 3.26. The van der Waals surface area contributed by atoms with E-state index < -0.39 is 0 Å².